The summed E-state index contributed by atoms with van der Waals surface area (Å²) in [4.78, 5) is 6.74. The van der Waals surface area contributed by atoms with E-state index in [1.165, 1.54) is 0 Å². The molecule has 2 N–H and O–H groups in total. The maximum atomic E-state index is 5.77. The number of anilines is 1. The standard InChI is InChI=1S/C13H21N3O/c1-2-12-10-16(6-3-7-17-12)13-8-11(9-14)4-5-15-13/h4-5,8,12H,2-3,6-7,9-10,14H2,1H3. The number of rotatable bonds is 3. The molecular formula is C13H21N3O. The van der Waals surface area contributed by atoms with Gasteiger partial charge in [-0.3, -0.25) is 0 Å². The van der Waals surface area contributed by atoms with Crippen LogP contribution in [0.25, 0.3) is 0 Å². The molecular weight excluding hydrogens is 214 g/mol. The van der Waals surface area contributed by atoms with Gasteiger partial charge in [-0.15, -0.1) is 0 Å². The molecule has 4 heteroatoms. The van der Waals surface area contributed by atoms with Gasteiger partial charge in [0.1, 0.15) is 5.82 Å². The second-order valence-electron chi connectivity index (χ2n) is 4.43. The monoisotopic (exact) mass is 235 g/mol. The van der Waals surface area contributed by atoms with Gasteiger partial charge in [0.25, 0.3) is 0 Å². The number of nitrogens with zero attached hydrogens (tertiary/aromatic N) is 2. The predicted molar refractivity (Wildman–Crippen MR) is 69.0 cm³/mol. The lowest BCUT2D eigenvalue weighted by atomic mass is 10.2. The van der Waals surface area contributed by atoms with Crippen LogP contribution in [-0.4, -0.2) is 30.8 Å². The average molecular weight is 235 g/mol. The van der Waals surface area contributed by atoms with Crippen molar-refractivity contribution in [3.8, 4) is 0 Å². The number of aromatic nitrogens is 1. The van der Waals surface area contributed by atoms with Crippen LogP contribution in [0.15, 0.2) is 18.3 Å². The van der Waals surface area contributed by atoms with Gasteiger partial charge in [-0.2, -0.15) is 0 Å². The molecule has 0 amide bonds. The van der Waals surface area contributed by atoms with Gasteiger partial charge >= 0.3 is 0 Å². The molecule has 1 aliphatic rings. The first-order chi connectivity index (χ1) is 8.33. The van der Waals surface area contributed by atoms with Crippen molar-refractivity contribution >= 4 is 5.82 Å². The van der Waals surface area contributed by atoms with Crippen molar-refractivity contribution in [3.05, 3.63) is 23.9 Å². The Bertz CT molecular complexity index is 356. The van der Waals surface area contributed by atoms with Gasteiger partial charge in [-0.1, -0.05) is 6.92 Å². The molecule has 2 rings (SSSR count). The minimum absolute atomic E-state index is 0.320. The summed E-state index contributed by atoms with van der Waals surface area (Å²) in [7, 11) is 0. The molecule has 0 saturated carbocycles. The fourth-order valence-corrected chi connectivity index (χ4v) is 2.11. The first-order valence-electron chi connectivity index (χ1n) is 6.35. The highest BCUT2D eigenvalue weighted by atomic mass is 16.5. The van der Waals surface area contributed by atoms with Crippen LogP contribution in [-0.2, 0) is 11.3 Å². The lowest BCUT2D eigenvalue weighted by Crippen LogP contribution is -2.32. The van der Waals surface area contributed by atoms with E-state index in [1.807, 2.05) is 12.3 Å². The minimum atomic E-state index is 0.320. The number of hydrogen-bond donors (Lipinski definition) is 1. The lowest BCUT2D eigenvalue weighted by molar-refractivity contribution is 0.0664. The lowest BCUT2D eigenvalue weighted by Gasteiger charge is -2.24. The van der Waals surface area contributed by atoms with Crippen LogP contribution in [0.2, 0.25) is 0 Å². The van der Waals surface area contributed by atoms with Crippen molar-refractivity contribution in [2.75, 3.05) is 24.6 Å². The molecule has 0 aliphatic carbocycles. The van der Waals surface area contributed by atoms with E-state index >= 15 is 0 Å². The third kappa shape index (κ3) is 3.17. The molecule has 4 nitrogen and oxygen atoms in total. The molecule has 1 saturated heterocycles. The Kier molecular flexibility index (Phi) is 4.34. The van der Waals surface area contributed by atoms with Crippen LogP contribution in [0.5, 0.6) is 0 Å². The topological polar surface area (TPSA) is 51.4 Å². The number of nitrogens with two attached hydrogens (primary N) is 1. The molecule has 0 spiro atoms. The molecule has 1 aromatic rings. The van der Waals surface area contributed by atoms with Crippen molar-refractivity contribution in [1.29, 1.82) is 0 Å². The van der Waals surface area contributed by atoms with Crippen molar-refractivity contribution < 1.29 is 4.74 Å². The Hall–Kier alpha value is -1.13. The minimum Gasteiger partial charge on any atom is -0.376 e. The summed E-state index contributed by atoms with van der Waals surface area (Å²) in [6.45, 7) is 5.52. The van der Waals surface area contributed by atoms with Crippen LogP contribution < -0.4 is 10.6 Å². The van der Waals surface area contributed by atoms with E-state index in [1.54, 1.807) is 0 Å². The van der Waals surface area contributed by atoms with Gasteiger partial charge in [0.15, 0.2) is 0 Å². The molecule has 1 fully saturated rings. The SMILES string of the molecule is CCC1CN(c2cc(CN)ccn2)CCCO1. The third-order valence-electron chi connectivity index (χ3n) is 3.17. The normalized spacial score (nSPS) is 21.3. The van der Waals surface area contributed by atoms with E-state index in [0.717, 1.165) is 43.9 Å². The Morgan fingerprint density at radius 3 is 3.24 bits per heavy atom. The van der Waals surface area contributed by atoms with Crippen LogP contribution in [0.3, 0.4) is 0 Å². The van der Waals surface area contributed by atoms with Crippen molar-refractivity contribution in [3.63, 3.8) is 0 Å². The van der Waals surface area contributed by atoms with Crippen LogP contribution in [0.4, 0.5) is 5.82 Å². The summed E-state index contributed by atoms with van der Waals surface area (Å²) in [5, 5.41) is 0. The first kappa shape index (κ1) is 12.3. The van der Waals surface area contributed by atoms with E-state index in [9.17, 15) is 0 Å². The van der Waals surface area contributed by atoms with Crippen molar-refractivity contribution in [1.82, 2.24) is 4.98 Å². The zero-order valence-electron chi connectivity index (χ0n) is 10.4. The van der Waals surface area contributed by atoms with Gasteiger partial charge in [-0.05, 0) is 30.5 Å². The van der Waals surface area contributed by atoms with Crippen molar-refractivity contribution in [2.45, 2.75) is 32.4 Å². The highest BCUT2D eigenvalue weighted by Crippen LogP contribution is 2.17. The van der Waals surface area contributed by atoms with Gasteiger partial charge in [-0.25, -0.2) is 4.98 Å². The second kappa shape index (κ2) is 5.98. The molecule has 0 bridgehead atoms. The molecule has 94 valence electrons. The molecule has 17 heavy (non-hydrogen) atoms. The molecule has 1 aliphatic heterocycles. The number of pyridine rings is 1. The van der Waals surface area contributed by atoms with E-state index in [4.69, 9.17) is 10.5 Å². The Morgan fingerprint density at radius 2 is 2.47 bits per heavy atom. The maximum absolute atomic E-state index is 5.77. The zero-order chi connectivity index (χ0) is 12.1. The van der Waals surface area contributed by atoms with Gasteiger partial charge in [0.2, 0.25) is 0 Å². The average Bonchev–Trinajstić information content (AvgIpc) is 2.64. The smallest absolute Gasteiger partial charge is 0.128 e. The van der Waals surface area contributed by atoms with Crippen molar-refractivity contribution in [2.24, 2.45) is 5.73 Å². The largest absolute Gasteiger partial charge is 0.376 e. The summed E-state index contributed by atoms with van der Waals surface area (Å²) in [6.07, 6.45) is 4.27. The van der Waals surface area contributed by atoms with Crippen LogP contribution >= 0.6 is 0 Å². The fourth-order valence-electron chi connectivity index (χ4n) is 2.11. The van der Waals surface area contributed by atoms with Crippen LogP contribution in [0.1, 0.15) is 25.3 Å². The number of ether oxygens (including phenoxy) is 1. The Balaban J connectivity index is 2.13. The Morgan fingerprint density at radius 1 is 1.59 bits per heavy atom. The van der Waals surface area contributed by atoms with Gasteiger partial charge in [0.05, 0.1) is 6.10 Å². The highest BCUT2D eigenvalue weighted by molar-refractivity contribution is 5.41. The van der Waals surface area contributed by atoms with Gasteiger partial charge < -0.3 is 15.4 Å². The maximum Gasteiger partial charge on any atom is 0.128 e. The first-order valence-corrected chi connectivity index (χ1v) is 6.35. The Labute approximate surface area is 103 Å². The predicted octanol–water partition coefficient (Wildman–Crippen LogP) is 1.55. The summed E-state index contributed by atoms with van der Waals surface area (Å²) < 4.78 is 5.77. The summed E-state index contributed by atoms with van der Waals surface area (Å²) in [6, 6.07) is 4.05. The summed E-state index contributed by atoms with van der Waals surface area (Å²) in [5.74, 6) is 1.02. The van der Waals surface area contributed by atoms with E-state index < -0.39 is 0 Å². The molecule has 1 atom stereocenters. The molecule has 1 aromatic heterocycles. The van der Waals surface area contributed by atoms with E-state index in [-0.39, 0.29) is 0 Å². The van der Waals surface area contributed by atoms with Crippen LogP contribution in [0, 0.1) is 0 Å². The van der Waals surface area contributed by atoms with E-state index in [0.29, 0.717) is 12.6 Å². The quantitative estimate of drug-likeness (QED) is 0.863. The summed E-state index contributed by atoms with van der Waals surface area (Å²) in [5.41, 5.74) is 6.79. The molecule has 1 unspecified atom stereocenters. The summed E-state index contributed by atoms with van der Waals surface area (Å²) >= 11 is 0. The van der Waals surface area contributed by atoms with Gasteiger partial charge in [0, 0.05) is 32.4 Å². The zero-order valence-corrected chi connectivity index (χ0v) is 10.4. The third-order valence-corrected chi connectivity index (χ3v) is 3.17. The highest BCUT2D eigenvalue weighted by Gasteiger charge is 2.18. The number of hydrogen-bond acceptors (Lipinski definition) is 4. The molecule has 0 aromatic carbocycles. The second-order valence-corrected chi connectivity index (χ2v) is 4.43. The van der Waals surface area contributed by atoms with E-state index in [2.05, 4.69) is 22.9 Å². The molecule has 0 radical (unpaired) electrons. The fraction of sp³-hybridized carbons (Fsp3) is 0.615. The molecule has 2 heterocycles.